The summed E-state index contributed by atoms with van der Waals surface area (Å²) in [6.45, 7) is -0.561. The minimum atomic E-state index is -2.52. The van der Waals surface area contributed by atoms with E-state index in [1.165, 1.54) is 7.05 Å². The van der Waals surface area contributed by atoms with Gasteiger partial charge in [0.05, 0.1) is 6.54 Å². The second-order valence-corrected chi connectivity index (χ2v) is 3.85. The molecule has 0 aliphatic carbocycles. The number of halogens is 2. The van der Waals surface area contributed by atoms with Crippen LogP contribution in [0.1, 0.15) is 10.5 Å². The van der Waals surface area contributed by atoms with E-state index >= 15 is 0 Å². The Balaban J connectivity index is 2.24. The van der Waals surface area contributed by atoms with Gasteiger partial charge in [0.1, 0.15) is 5.69 Å². The molecule has 1 heterocycles. The molecule has 1 aromatic heterocycles. The molecular weight excluding hydrogens is 226 g/mol. The lowest BCUT2D eigenvalue weighted by molar-refractivity contribution is 0.0616. The van der Waals surface area contributed by atoms with Crippen molar-refractivity contribution in [2.75, 3.05) is 13.6 Å². The van der Waals surface area contributed by atoms with Crippen LogP contribution in [0.5, 0.6) is 0 Å². The summed E-state index contributed by atoms with van der Waals surface area (Å²) in [6, 6.07) is 9.05. The van der Waals surface area contributed by atoms with Crippen LogP contribution in [0.2, 0.25) is 0 Å². The first-order valence-electron chi connectivity index (χ1n) is 5.19. The maximum absolute atomic E-state index is 12.2. The highest BCUT2D eigenvalue weighted by Gasteiger charge is 2.17. The Bertz CT molecular complexity index is 503. The molecule has 0 saturated carbocycles. The molecule has 0 saturated heterocycles. The van der Waals surface area contributed by atoms with Crippen LogP contribution >= 0.6 is 0 Å². The summed E-state index contributed by atoms with van der Waals surface area (Å²) in [6.07, 6.45) is -2.52. The quantitative estimate of drug-likeness (QED) is 0.876. The van der Waals surface area contributed by atoms with Gasteiger partial charge in [-0.3, -0.25) is 4.79 Å². The number of rotatable bonds is 3. The van der Waals surface area contributed by atoms with Crippen LogP contribution < -0.4 is 0 Å². The van der Waals surface area contributed by atoms with Gasteiger partial charge in [0.25, 0.3) is 12.3 Å². The van der Waals surface area contributed by atoms with Gasteiger partial charge < -0.3 is 9.88 Å². The molecule has 0 bridgehead atoms. The number of carbonyl (C=O) groups is 1. The molecule has 3 nitrogen and oxygen atoms in total. The average molecular weight is 238 g/mol. The van der Waals surface area contributed by atoms with Crippen molar-refractivity contribution in [2.45, 2.75) is 6.43 Å². The molecule has 1 amide bonds. The molecule has 0 spiro atoms. The largest absolute Gasteiger partial charge is 0.351 e. The summed E-state index contributed by atoms with van der Waals surface area (Å²) in [5.74, 6) is -0.429. The normalized spacial score (nSPS) is 11.1. The molecule has 5 heteroatoms. The molecule has 0 unspecified atom stereocenters. The first kappa shape index (κ1) is 11.6. The average Bonchev–Trinajstić information content (AvgIpc) is 2.70. The Hall–Kier alpha value is -1.91. The topological polar surface area (TPSA) is 36.1 Å². The minimum absolute atomic E-state index is 0.328. The van der Waals surface area contributed by atoms with Crippen LogP contribution in [-0.4, -0.2) is 35.8 Å². The first-order valence-corrected chi connectivity index (χ1v) is 5.19. The highest BCUT2D eigenvalue weighted by Crippen LogP contribution is 2.15. The van der Waals surface area contributed by atoms with E-state index in [0.29, 0.717) is 5.69 Å². The lowest BCUT2D eigenvalue weighted by Crippen LogP contribution is -2.31. The number of benzene rings is 1. The van der Waals surface area contributed by atoms with Gasteiger partial charge in [0.15, 0.2) is 0 Å². The summed E-state index contributed by atoms with van der Waals surface area (Å²) < 4.78 is 24.3. The Labute approximate surface area is 97.0 Å². The van der Waals surface area contributed by atoms with Gasteiger partial charge in [-0.15, -0.1) is 0 Å². The number of amides is 1. The maximum atomic E-state index is 12.2. The van der Waals surface area contributed by atoms with E-state index in [0.717, 1.165) is 15.8 Å². The second kappa shape index (κ2) is 4.53. The number of carbonyl (C=O) groups excluding carboxylic acids is 1. The number of para-hydroxylation sites is 1. The zero-order valence-electron chi connectivity index (χ0n) is 9.28. The van der Waals surface area contributed by atoms with Gasteiger partial charge in [0.2, 0.25) is 0 Å². The van der Waals surface area contributed by atoms with E-state index in [9.17, 15) is 13.6 Å². The zero-order chi connectivity index (χ0) is 12.4. The smallest absolute Gasteiger partial charge is 0.270 e. The molecule has 1 aromatic carbocycles. The van der Waals surface area contributed by atoms with Crippen molar-refractivity contribution in [3.05, 3.63) is 36.0 Å². The van der Waals surface area contributed by atoms with Crippen LogP contribution in [0.3, 0.4) is 0 Å². The summed E-state index contributed by atoms with van der Waals surface area (Å²) in [5, 5.41) is 0.890. The molecule has 0 aliphatic heterocycles. The number of alkyl halides is 2. The molecule has 0 fully saturated rings. The lowest BCUT2D eigenvalue weighted by atomic mass is 10.2. The third-order valence-corrected chi connectivity index (χ3v) is 2.52. The molecule has 2 rings (SSSR count). The van der Waals surface area contributed by atoms with Gasteiger partial charge >= 0.3 is 0 Å². The maximum Gasteiger partial charge on any atom is 0.270 e. The van der Waals surface area contributed by atoms with E-state index in [-0.39, 0.29) is 0 Å². The van der Waals surface area contributed by atoms with Crippen molar-refractivity contribution in [1.29, 1.82) is 0 Å². The van der Waals surface area contributed by atoms with Gasteiger partial charge in [-0.2, -0.15) is 0 Å². The first-order chi connectivity index (χ1) is 8.08. The fourth-order valence-corrected chi connectivity index (χ4v) is 1.68. The molecule has 17 heavy (non-hydrogen) atoms. The van der Waals surface area contributed by atoms with Crippen molar-refractivity contribution in [1.82, 2.24) is 9.88 Å². The Morgan fingerprint density at radius 3 is 2.76 bits per heavy atom. The van der Waals surface area contributed by atoms with Gasteiger partial charge in [-0.05, 0) is 12.1 Å². The lowest BCUT2D eigenvalue weighted by Gasteiger charge is -2.15. The fraction of sp³-hybridized carbons (Fsp3) is 0.250. The third kappa shape index (κ3) is 2.43. The number of fused-ring (bicyclic) bond motifs is 1. The Kier molecular flexibility index (Phi) is 3.08. The van der Waals surface area contributed by atoms with Crippen molar-refractivity contribution >= 4 is 16.8 Å². The fourth-order valence-electron chi connectivity index (χ4n) is 1.68. The van der Waals surface area contributed by atoms with Crippen molar-refractivity contribution in [3.8, 4) is 0 Å². The van der Waals surface area contributed by atoms with E-state index in [1.54, 1.807) is 6.07 Å². The summed E-state index contributed by atoms with van der Waals surface area (Å²) in [5.41, 5.74) is 1.15. The van der Waals surface area contributed by atoms with Crippen molar-refractivity contribution in [2.24, 2.45) is 0 Å². The number of hydrogen-bond donors (Lipinski definition) is 1. The minimum Gasteiger partial charge on any atom is -0.351 e. The van der Waals surface area contributed by atoms with Crippen LogP contribution in [-0.2, 0) is 0 Å². The predicted molar refractivity (Wildman–Crippen MR) is 61.3 cm³/mol. The second-order valence-electron chi connectivity index (χ2n) is 3.85. The van der Waals surface area contributed by atoms with Crippen LogP contribution in [0.4, 0.5) is 8.78 Å². The molecule has 0 radical (unpaired) electrons. The number of nitrogens with zero attached hydrogens (tertiary/aromatic N) is 1. The molecule has 1 N–H and O–H groups in total. The SMILES string of the molecule is CN(CC(F)F)C(=O)c1cc2ccccc2[nH]1. The third-order valence-electron chi connectivity index (χ3n) is 2.52. The monoisotopic (exact) mass is 238 g/mol. The standard InChI is InChI=1S/C12H12F2N2O/c1-16(7-11(13)14)12(17)10-6-8-4-2-3-5-9(8)15-10/h2-6,11,15H,7H2,1H3. The van der Waals surface area contributed by atoms with E-state index in [1.807, 2.05) is 24.3 Å². The number of hydrogen-bond acceptors (Lipinski definition) is 1. The van der Waals surface area contributed by atoms with Gasteiger partial charge in [-0.1, -0.05) is 18.2 Å². The summed E-state index contributed by atoms with van der Waals surface area (Å²) >= 11 is 0. The predicted octanol–water partition coefficient (Wildman–Crippen LogP) is 2.50. The number of aromatic nitrogens is 1. The number of H-pyrrole nitrogens is 1. The van der Waals surface area contributed by atoms with Crippen molar-refractivity contribution in [3.63, 3.8) is 0 Å². The summed E-state index contributed by atoms with van der Waals surface area (Å²) in [7, 11) is 1.36. The molecular formula is C12H12F2N2O. The molecule has 2 aromatic rings. The number of aromatic amines is 1. The van der Waals surface area contributed by atoms with Gasteiger partial charge in [-0.25, -0.2) is 8.78 Å². The Morgan fingerprint density at radius 2 is 2.12 bits per heavy atom. The highest BCUT2D eigenvalue weighted by molar-refractivity contribution is 5.97. The number of nitrogens with one attached hydrogen (secondary N) is 1. The Morgan fingerprint density at radius 1 is 1.41 bits per heavy atom. The van der Waals surface area contributed by atoms with Gasteiger partial charge in [0, 0.05) is 18.0 Å². The molecule has 0 atom stereocenters. The van der Waals surface area contributed by atoms with E-state index in [2.05, 4.69) is 4.98 Å². The van der Waals surface area contributed by atoms with Crippen LogP contribution in [0, 0.1) is 0 Å². The highest BCUT2D eigenvalue weighted by atomic mass is 19.3. The van der Waals surface area contributed by atoms with Crippen molar-refractivity contribution < 1.29 is 13.6 Å². The molecule has 90 valence electrons. The van der Waals surface area contributed by atoms with Crippen LogP contribution in [0.15, 0.2) is 30.3 Å². The zero-order valence-corrected chi connectivity index (χ0v) is 9.28. The van der Waals surface area contributed by atoms with E-state index in [4.69, 9.17) is 0 Å². The summed E-state index contributed by atoms with van der Waals surface area (Å²) in [4.78, 5) is 15.7. The van der Waals surface area contributed by atoms with E-state index < -0.39 is 18.9 Å². The van der Waals surface area contributed by atoms with Crippen LogP contribution in [0.25, 0.3) is 10.9 Å². The molecule has 0 aliphatic rings.